The van der Waals surface area contributed by atoms with Crippen molar-refractivity contribution in [2.45, 2.75) is 23.0 Å². The van der Waals surface area contributed by atoms with Crippen LogP contribution in [0.2, 0.25) is 0 Å². The number of benzene rings is 1. The first-order valence-corrected chi connectivity index (χ1v) is 6.31. The number of alkyl halides is 6. The summed E-state index contributed by atoms with van der Waals surface area (Å²) in [6.45, 7) is 0. The van der Waals surface area contributed by atoms with Gasteiger partial charge in [-0.25, -0.2) is 13.3 Å². The van der Waals surface area contributed by atoms with Gasteiger partial charge in [0.2, 0.25) is 0 Å². The quantitative estimate of drug-likeness (QED) is 0.621. The molecule has 1 saturated heterocycles. The topological polar surface area (TPSA) is 49.7 Å². The Morgan fingerprint density at radius 1 is 0.950 bits per heavy atom. The molecule has 0 saturated carbocycles. The SMILES string of the molecule is O=S(=O)(c1ccccc1)N1OC1(C(F)(F)F)C(F)(F)F. The number of hydrogen-bond acceptors (Lipinski definition) is 3. The summed E-state index contributed by atoms with van der Waals surface area (Å²) in [6.07, 6.45) is -11.9. The Kier molecular flexibility index (Phi) is 3.08. The molecule has 1 atom stereocenters. The van der Waals surface area contributed by atoms with Crippen LogP contribution in [0.15, 0.2) is 35.2 Å². The van der Waals surface area contributed by atoms with Gasteiger partial charge in [0.1, 0.15) is 0 Å². The molecular weight excluding hydrogens is 316 g/mol. The van der Waals surface area contributed by atoms with E-state index in [0.29, 0.717) is 0 Å². The highest BCUT2D eigenvalue weighted by Crippen LogP contribution is 2.59. The second-order valence-electron chi connectivity index (χ2n) is 3.78. The van der Waals surface area contributed by atoms with Crippen molar-refractivity contribution in [3.63, 3.8) is 0 Å². The predicted octanol–water partition coefficient (Wildman–Crippen LogP) is 2.44. The van der Waals surface area contributed by atoms with Gasteiger partial charge in [0.15, 0.2) is 0 Å². The highest BCUT2D eigenvalue weighted by atomic mass is 32.2. The second-order valence-corrected chi connectivity index (χ2v) is 5.53. The Balaban J connectivity index is 2.48. The van der Waals surface area contributed by atoms with Gasteiger partial charge in [-0.15, -0.1) is 0 Å². The van der Waals surface area contributed by atoms with E-state index in [0.717, 1.165) is 24.3 Å². The van der Waals surface area contributed by atoms with E-state index in [1.165, 1.54) is 6.07 Å². The molecular formula is C9H5F6NO3S. The summed E-state index contributed by atoms with van der Waals surface area (Å²) < 4.78 is 97.6. The molecule has 0 spiro atoms. The molecule has 1 aliphatic rings. The zero-order valence-corrected chi connectivity index (χ0v) is 10.1. The lowest BCUT2D eigenvalue weighted by Gasteiger charge is -2.18. The fourth-order valence-corrected chi connectivity index (χ4v) is 2.92. The molecule has 4 nitrogen and oxygen atoms in total. The average Bonchev–Trinajstić information content (AvgIpc) is 3.05. The number of hydroxylamine groups is 1. The summed E-state index contributed by atoms with van der Waals surface area (Å²) in [5, 5.41) is 0. The third kappa shape index (κ3) is 1.96. The van der Waals surface area contributed by atoms with Gasteiger partial charge in [0.25, 0.3) is 10.0 Å². The fraction of sp³-hybridized carbons (Fsp3) is 0.333. The molecule has 0 aromatic heterocycles. The Hall–Kier alpha value is -1.33. The van der Waals surface area contributed by atoms with Crippen molar-refractivity contribution < 1.29 is 39.6 Å². The maximum Gasteiger partial charge on any atom is 0.446 e. The molecule has 1 aliphatic heterocycles. The number of sulfonamides is 1. The molecule has 0 radical (unpaired) electrons. The summed E-state index contributed by atoms with van der Waals surface area (Å²) in [5.41, 5.74) is -4.82. The van der Waals surface area contributed by atoms with Crippen molar-refractivity contribution in [2.75, 3.05) is 0 Å². The van der Waals surface area contributed by atoms with Crippen LogP contribution in [0.3, 0.4) is 0 Å². The van der Waals surface area contributed by atoms with Crippen LogP contribution in [0.4, 0.5) is 26.3 Å². The Morgan fingerprint density at radius 3 is 1.75 bits per heavy atom. The van der Waals surface area contributed by atoms with Crippen LogP contribution in [0.1, 0.15) is 0 Å². The first-order chi connectivity index (χ1) is 8.94. The van der Waals surface area contributed by atoms with Gasteiger partial charge in [-0.05, 0) is 16.6 Å². The summed E-state index contributed by atoms with van der Waals surface area (Å²) in [5.74, 6) is 0. The second kappa shape index (κ2) is 4.09. The van der Waals surface area contributed by atoms with Crippen LogP contribution in [-0.4, -0.2) is 31.0 Å². The third-order valence-corrected chi connectivity index (χ3v) is 4.10. The summed E-state index contributed by atoms with van der Waals surface area (Å²) >= 11 is 0. The minimum absolute atomic E-state index is 0.740. The molecule has 1 heterocycles. The van der Waals surface area contributed by atoms with Gasteiger partial charge in [0.05, 0.1) is 4.90 Å². The van der Waals surface area contributed by atoms with Crippen LogP contribution in [0.25, 0.3) is 0 Å². The van der Waals surface area contributed by atoms with Gasteiger partial charge in [-0.3, -0.25) is 0 Å². The molecule has 0 bridgehead atoms. The number of halogens is 6. The van der Waals surface area contributed by atoms with Gasteiger partial charge >= 0.3 is 18.1 Å². The molecule has 112 valence electrons. The highest BCUT2D eigenvalue weighted by Gasteiger charge is 2.90. The van der Waals surface area contributed by atoms with Gasteiger partial charge in [-0.1, -0.05) is 18.2 Å². The van der Waals surface area contributed by atoms with E-state index >= 15 is 0 Å². The molecule has 11 heteroatoms. The van der Waals surface area contributed by atoms with Crippen molar-refractivity contribution in [1.29, 1.82) is 0 Å². The summed E-state index contributed by atoms with van der Waals surface area (Å²) in [6, 6.07) is 5.37. The van der Waals surface area contributed by atoms with E-state index in [2.05, 4.69) is 4.84 Å². The average molecular weight is 321 g/mol. The van der Waals surface area contributed by atoms with Crippen LogP contribution in [0, 0.1) is 0 Å². The van der Waals surface area contributed by atoms with E-state index in [1.54, 1.807) is 0 Å². The smallest absolute Gasteiger partial charge is 0.236 e. The maximum absolute atomic E-state index is 12.5. The normalized spacial score (nSPS) is 22.6. The van der Waals surface area contributed by atoms with E-state index in [4.69, 9.17) is 0 Å². The Morgan fingerprint density at radius 2 is 1.40 bits per heavy atom. The lowest BCUT2D eigenvalue weighted by molar-refractivity contribution is -0.294. The van der Waals surface area contributed by atoms with E-state index in [9.17, 15) is 34.8 Å². The van der Waals surface area contributed by atoms with Crippen LogP contribution >= 0.6 is 0 Å². The molecule has 20 heavy (non-hydrogen) atoms. The predicted molar refractivity (Wildman–Crippen MR) is 51.4 cm³/mol. The molecule has 1 aromatic rings. The first-order valence-electron chi connectivity index (χ1n) is 4.87. The van der Waals surface area contributed by atoms with Crippen LogP contribution in [-0.2, 0) is 14.9 Å². The van der Waals surface area contributed by atoms with Gasteiger partial charge in [-0.2, -0.15) is 26.3 Å². The van der Waals surface area contributed by atoms with Crippen LogP contribution < -0.4 is 0 Å². The lowest BCUT2D eigenvalue weighted by Crippen LogP contribution is -2.50. The molecule has 1 fully saturated rings. The molecule has 0 N–H and O–H groups in total. The van der Waals surface area contributed by atoms with Crippen molar-refractivity contribution in [3.05, 3.63) is 30.3 Å². The zero-order chi connectivity index (χ0) is 15.4. The van der Waals surface area contributed by atoms with Crippen molar-refractivity contribution in [3.8, 4) is 0 Å². The van der Waals surface area contributed by atoms with E-state index in [-0.39, 0.29) is 0 Å². The van der Waals surface area contributed by atoms with Crippen molar-refractivity contribution >= 4 is 10.0 Å². The molecule has 0 amide bonds. The molecule has 1 unspecified atom stereocenters. The van der Waals surface area contributed by atoms with Crippen molar-refractivity contribution in [2.24, 2.45) is 0 Å². The molecule has 2 rings (SSSR count). The fourth-order valence-electron chi connectivity index (χ4n) is 1.48. The first kappa shape index (κ1) is 15.1. The zero-order valence-electron chi connectivity index (χ0n) is 9.23. The van der Waals surface area contributed by atoms with Crippen molar-refractivity contribution in [1.82, 2.24) is 4.47 Å². The largest absolute Gasteiger partial charge is 0.446 e. The maximum atomic E-state index is 12.5. The highest BCUT2D eigenvalue weighted by molar-refractivity contribution is 7.89. The van der Waals surface area contributed by atoms with Gasteiger partial charge in [0, 0.05) is 0 Å². The lowest BCUT2D eigenvalue weighted by atomic mass is 10.2. The minimum atomic E-state index is -5.95. The number of rotatable bonds is 2. The van der Waals surface area contributed by atoms with Gasteiger partial charge < -0.3 is 0 Å². The Labute approximate surface area is 108 Å². The molecule has 0 aliphatic carbocycles. The summed E-state index contributed by atoms with van der Waals surface area (Å²) in [4.78, 5) is 2.71. The van der Waals surface area contributed by atoms with E-state index in [1.807, 2.05) is 0 Å². The van der Waals surface area contributed by atoms with E-state index < -0.39 is 37.5 Å². The minimum Gasteiger partial charge on any atom is -0.236 e. The molecule has 1 aromatic carbocycles. The van der Waals surface area contributed by atoms with Crippen LogP contribution in [0.5, 0.6) is 0 Å². The standard InChI is InChI=1S/C9H5F6NO3S/c10-8(11,12)7(9(13,14)15)16(19-7)20(17,18)6-4-2-1-3-5-6/h1-5H. The third-order valence-electron chi connectivity index (χ3n) is 2.47. The number of hydrogen-bond donors (Lipinski definition) is 0. The summed E-state index contributed by atoms with van der Waals surface area (Å²) in [7, 11) is -5.07. The monoisotopic (exact) mass is 321 g/mol. The Bertz CT molecular complexity index is 595. The number of nitrogens with zero attached hydrogens (tertiary/aromatic N) is 1.